The molecule has 1 aromatic carbocycles. The molecule has 148 valence electrons. The van der Waals surface area contributed by atoms with Crippen LogP contribution < -0.4 is 4.74 Å². The van der Waals surface area contributed by atoms with Gasteiger partial charge in [0.2, 0.25) is 0 Å². The summed E-state index contributed by atoms with van der Waals surface area (Å²) in [5.74, 6) is -0.816. The van der Waals surface area contributed by atoms with E-state index in [1.807, 2.05) is 0 Å². The fraction of sp³-hybridized carbons (Fsp3) is 0.294. The van der Waals surface area contributed by atoms with Crippen molar-refractivity contribution in [3.8, 4) is 11.8 Å². The lowest BCUT2D eigenvalue weighted by molar-refractivity contribution is -0.0641. The smallest absolute Gasteiger partial charge is 0.260 e. The van der Waals surface area contributed by atoms with Crippen LogP contribution in [0.4, 0.5) is 4.39 Å². The van der Waals surface area contributed by atoms with Crippen molar-refractivity contribution in [1.29, 1.82) is 5.26 Å². The van der Waals surface area contributed by atoms with Crippen LogP contribution in [0.25, 0.3) is 0 Å². The number of aromatic nitrogens is 1. The summed E-state index contributed by atoms with van der Waals surface area (Å²) in [6.07, 6.45) is 0.171. The minimum absolute atomic E-state index is 0.00519. The molecule has 3 rings (SSSR count). The van der Waals surface area contributed by atoms with E-state index in [1.54, 1.807) is 6.07 Å². The highest BCUT2D eigenvalue weighted by atomic mass is 79.9. The summed E-state index contributed by atoms with van der Waals surface area (Å²) in [5, 5.41) is 28.8. The lowest BCUT2D eigenvalue weighted by Gasteiger charge is -2.27. The van der Waals surface area contributed by atoms with Gasteiger partial charge in [0.25, 0.3) is 10.0 Å². The van der Waals surface area contributed by atoms with Gasteiger partial charge in [-0.2, -0.15) is 9.57 Å². The highest BCUT2D eigenvalue weighted by molar-refractivity contribution is 9.10. The molecule has 2 atom stereocenters. The number of nitriles is 1. The molecule has 8 nitrogen and oxygen atoms in total. The van der Waals surface area contributed by atoms with Gasteiger partial charge in [-0.3, -0.25) is 0 Å². The number of aliphatic hydroxyl groups is 2. The largest absolute Gasteiger partial charge is 0.486 e. The normalized spacial score (nSPS) is 22.8. The molecule has 0 radical (unpaired) electrons. The lowest BCUT2D eigenvalue weighted by Crippen LogP contribution is -2.48. The number of hydrogen-bond acceptors (Lipinski definition) is 7. The Morgan fingerprint density at radius 3 is 2.75 bits per heavy atom. The maximum absolute atomic E-state index is 13.8. The molecule has 1 aliphatic rings. The predicted octanol–water partition coefficient (Wildman–Crippen LogP) is 1.03. The lowest BCUT2D eigenvalue weighted by atomic mass is 10.0. The zero-order valence-electron chi connectivity index (χ0n) is 14.3. The summed E-state index contributed by atoms with van der Waals surface area (Å²) >= 11 is 3.17. The van der Waals surface area contributed by atoms with E-state index in [4.69, 9.17) is 10.00 Å². The number of sulfonamides is 1. The standard InChI is InChI=1S/C17H15BrFN3O5S/c18-12-2-4-16(21-7-12)28(25,26)22-8-15(17(24,9-22)10-23)27-13-3-1-11(6-20)14(19)5-13/h1-5,7,15,23-24H,8-10H2/t15-,17+/m0/s1. The molecule has 1 fully saturated rings. The molecule has 1 aromatic heterocycles. The van der Waals surface area contributed by atoms with Crippen molar-refractivity contribution in [2.45, 2.75) is 16.7 Å². The highest BCUT2D eigenvalue weighted by Crippen LogP contribution is 2.31. The summed E-state index contributed by atoms with van der Waals surface area (Å²) in [5.41, 5.74) is -2.07. The van der Waals surface area contributed by atoms with E-state index < -0.39 is 40.7 Å². The molecule has 0 saturated carbocycles. The number of nitrogens with zero attached hydrogens (tertiary/aromatic N) is 3. The number of pyridine rings is 1. The van der Waals surface area contributed by atoms with Gasteiger partial charge >= 0.3 is 0 Å². The topological polar surface area (TPSA) is 124 Å². The zero-order valence-corrected chi connectivity index (χ0v) is 16.7. The second kappa shape index (κ2) is 7.73. The average Bonchev–Trinajstić information content (AvgIpc) is 3.00. The quantitative estimate of drug-likeness (QED) is 0.666. The highest BCUT2D eigenvalue weighted by Gasteiger charge is 2.51. The molecule has 0 bridgehead atoms. The second-order valence-electron chi connectivity index (χ2n) is 6.23. The number of halogens is 2. The molecular formula is C17H15BrFN3O5S. The van der Waals surface area contributed by atoms with Crippen molar-refractivity contribution in [2.24, 2.45) is 0 Å². The first-order valence-corrected chi connectivity index (χ1v) is 10.2. The maximum atomic E-state index is 13.8. The third-order valence-electron chi connectivity index (χ3n) is 4.34. The first kappa shape index (κ1) is 20.6. The predicted molar refractivity (Wildman–Crippen MR) is 98.3 cm³/mol. The van der Waals surface area contributed by atoms with Gasteiger partial charge in [0, 0.05) is 23.3 Å². The first-order valence-electron chi connectivity index (χ1n) is 8.01. The van der Waals surface area contributed by atoms with Gasteiger partial charge in [0.15, 0.2) is 5.03 Å². The van der Waals surface area contributed by atoms with Gasteiger partial charge in [0.1, 0.15) is 29.3 Å². The van der Waals surface area contributed by atoms with E-state index in [9.17, 15) is 23.0 Å². The molecule has 11 heteroatoms. The van der Waals surface area contributed by atoms with Crippen molar-refractivity contribution < 1.29 is 27.8 Å². The number of hydrogen-bond donors (Lipinski definition) is 2. The van der Waals surface area contributed by atoms with Crippen molar-refractivity contribution in [2.75, 3.05) is 19.7 Å². The van der Waals surface area contributed by atoms with Crippen LogP contribution in [-0.2, 0) is 10.0 Å². The van der Waals surface area contributed by atoms with E-state index in [0.29, 0.717) is 4.47 Å². The Hall–Kier alpha value is -2.10. The van der Waals surface area contributed by atoms with Crippen LogP contribution in [0.15, 0.2) is 46.0 Å². The molecule has 0 unspecified atom stereocenters. The van der Waals surface area contributed by atoms with Crippen LogP contribution in [0.2, 0.25) is 0 Å². The summed E-state index contributed by atoms with van der Waals surface area (Å²) in [7, 11) is -4.05. The van der Waals surface area contributed by atoms with Gasteiger partial charge in [-0.1, -0.05) is 0 Å². The maximum Gasteiger partial charge on any atom is 0.260 e. The van der Waals surface area contributed by atoms with Crippen LogP contribution in [-0.4, -0.2) is 59.3 Å². The first-order chi connectivity index (χ1) is 13.2. The van der Waals surface area contributed by atoms with Crippen LogP contribution in [0.3, 0.4) is 0 Å². The summed E-state index contributed by atoms with van der Waals surface area (Å²) in [6, 6.07) is 7.99. The number of ether oxygens (including phenoxy) is 1. The Kier molecular flexibility index (Phi) is 5.69. The molecule has 0 spiro atoms. The van der Waals surface area contributed by atoms with E-state index >= 15 is 0 Å². The van der Waals surface area contributed by atoms with Crippen molar-refractivity contribution in [3.63, 3.8) is 0 Å². The number of benzene rings is 1. The minimum atomic E-state index is -4.05. The van der Waals surface area contributed by atoms with Crippen molar-refractivity contribution in [1.82, 2.24) is 9.29 Å². The number of aliphatic hydroxyl groups excluding tert-OH is 1. The van der Waals surface area contributed by atoms with Gasteiger partial charge in [0.05, 0.1) is 18.7 Å². The molecule has 28 heavy (non-hydrogen) atoms. The molecule has 2 aromatic rings. The third-order valence-corrected chi connectivity index (χ3v) is 6.53. The van der Waals surface area contributed by atoms with Crippen molar-refractivity contribution in [3.05, 3.63) is 52.4 Å². The number of rotatable bonds is 5. The van der Waals surface area contributed by atoms with E-state index in [0.717, 1.165) is 10.4 Å². The van der Waals surface area contributed by atoms with Gasteiger partial charge in [-0.25, -0.2) is 17.8 Å². The van der Waals surface area contributed by atoms with Crippen LogP contribution >= 0.6 is 15.9 Å². The molecular weight excluding hydrogens is 457 g/mol. The molecule has 2 heterocycles. The van der Waals surface area contributed by atoms with E-state index in [-0.39, 0.29) is 22.9 Å². The molecule has 1 saturated heterocycles. The Labute approximate surface area is 169 Å². The van der Waals surface area contributed by atoms with Crippen LogP contribution in [0, 0.1) is 17.1 Å². The number of β-amino-alcohol motifs (C(OH)–C–C–N with tert-alkyl or cyclic N) is 1. The summed E-state index contributed by atoms with van der Waals surface area (Å²) in [4.78, 5) is 3.87. The fourth-order valence-corrected chi connectivity index (χ4v) is 4.43. The molecule has 1 aliphatic heterocycles. The Bertz CT molecular complexity index is 1030. The SMILES string of the molecule is N#Cc1ccc(O[C@H]2CN(S(=O)(=O)c3ccc(Br)cn3)C[C@@]2(O)CO)cc1F. The Balaban J connectivity index is 1.86. The minimum Gasteiger partial charge on any atom is -0.486 e. The molecule has 0 amide bonds. The van der Waals surface area contributed by atoms with Crippen molar-refractivity contribution >= 4 is 26.0 Å². The van der Waals surface area contributed by atoms with E-state index in [2.05, 4.69) is 20.9 Å². The fourth-order valence-electron chi connectivity index (χ4n) is 2.78. The van der Waals surface area contributed by atoms with Gasteiger partial charge in [-0.15, -0.1) is 0 Å². The monoisotopic (exact) mass is 471 g/mol. The Morgan fingerprint density at radius 1 is 1.43 bits per heavy atom. The summed E-state index contributed by atoms with van der Waals surface area (Å²) < 4.78 is 46.5. The van der Waals surface area contributed by atoms with Gasteiger partial charge in [-0.05, 0) is 40.2 Å². The van der Waals surface area contributed by atoms with Crippen LogP contribution in [0.1, 0.15) is 5.56 Å². The van der Waals surface area contributed by atoms with E-state index in [1.165, 1.54) is 30.5 Å². The zero-order chi connectivity index (χ0) is 20.5. The summed E-state index contributed by atoms with van der Waals surface area (Å²) in [6.45, 7) is -1.47. The van der Waals surface area contributed by atoms with Gasteiger partial charge < -0.3 is 14.9 Å². The average molecular weight is 472 g/mol. The second-order valence-corrected chi connectivity index (χ2v) is 9.03. The third kappa shape index (κ3) is 3.87. The Morgan fingerprint density at radius 2 is 2.18 bits per heavy atom. The molecule has 2 N–H and O–H groups in total. The molecule has 0 aliphatic carbocycles. The van der Waals surface area contributed by atoms with Crippen LogP contribution in [0.5, 0.6) is 5.75 Å².